The van der Waals surface area contributed by atoms with Gasteiger partial charge in [-0.3, -0.25) is 9.59 Å². The van der Waals surface area contributed by atoms with E-state index >= 15 is 0 Å². The summed E-state index contributed by atoms with van der Waals surface area (Å²) in [5.41, 5.74) is 5.53. The maximum absolute atomic E-state index is 11.0. The second-order valence-corrected chi connectivity index (χ2v) is 2.87. The zero-order chi connectivity index (χ0) is 10.3. The van der Waals surface area contributed by atoms with Gasteiger partial charge in [-0.05, 0) is 6.42 Å². The number of carbonyl (C=O) groups is 2. The maximum Gasteiger partial charge on any atom is 0.305 e. The minimum absolute atomic E-state index is 0.0485. The first-order valence-electron chi connectivity index (χ1n) is 4.30. The van der Waals surface area contributed by atoms with Crippen molar-refractivity contribution in [2.45, 2.75) is 32.2 Å². The summed E-state index contributed by atoms with van der Waals surface area (Å²) in [4.78, 5) is 21.1. The topological polar surface area (TPSA) is 92.4 Å². The molecular weight excluding hydrogens is 172 g/mol. The Labute approximate surface area is 77.3 Å². The fourth-order valence-electron chi connectivity index (χ4n) is 0.763. The first kappa shape index (κ1) is 11.9. The van der Waals surface area contributed by atoms with Crippen LogP contribution in [0.2, 0.25) is 0 Å². The fraction of sp³-hybridized carbons (Fsp3) is 0.750. The second kappa shape index (κ2) is 6.42. The summed E-state index contributed by atoms with van der Waals surface area (Å²) in [6.45, 7) is 2.07. The van der Waals surface area contributed by atoms with E-state index in [2.05, 4.69) is 5.32 Å². The van der Waals surface area contributed by atoms with E-state index < -0.39 is 5.97 Å². The molecule has 76 valence electrons. The number of carboxylic acid groups (broad SMARTS) is 1. The van der Waals surface area contributed by atoms with Crippen LogP contribution in [0.25, 0.3) is 0 Å². The standard InChI is InChI=1S/C8H16N2O3/c1-2-6(9)5-7(11)10-4-3-8(12)13/h6H,2-5,9H2,1H3,(H,10,11)(H,12,13). The Morgan fingerprint density at radius 1 is 1.54 bits per heavy atom. The van der Waals surface area contributed by atoms with Gasteiger partial charge < -0.3 is 16.2 Å². The van der Waals surface area contributed by atoms with Gasteiger partial charge in [-0.1, -0.05) is 6.92 Å². The third kappa shape index (κ3) is 7.27. The summed E-state index contributed by atoms with van der Waals surface area (Å²) in [5.74, 6) is -1.10. The maximum atomic E-state index is 11.0. The normalized spacial score (nSPS) is 12.2. The fourth-order valence-corrected chi connectivity index (χ4v) is 0.763. The van der Waals surface area contributed by atoms with Crippen molar-refractivity contribution < 1.29 is 14.7 Å². The Kier molecular flexibility index (Phi) is 5.88. The van der Waals surface area contributed by atoms with E-state index in [0.717, 1.165) is 6.42 Å². The first-order chi connectivity index (χ1) is 6.06. The van der Waals surface area contributed by atoms with Crippen LogP contribution in [0.3, 0.4) is 0 Å². The summed E-state index contributed by atoms with van der Waals surface area (Å²) >= 11 is 0. The lowest BCUT2D eigenvalue weighted by atomic mass is 10.1. The van der Waals surface area contributed by atoms with E-state index in [1.165, 1.54) is 0 Å². The van der Waals surface area contributed by atoms with Gasteiger partial charge in [-0.2, -0.15) is 0 Å². The third-order valence-corrected chi connectivity index (χ3v) is 1.63. The van der Waals surface area contributed by atoms with Crippen molar-refractivity contribution in [3.63, 3.8) is 0 Å². The smallest absolute Gasteiger partial charge is 0.305 e. The Morgan fingerprint density at radius 2 is 2.15 bits per heavy atom. The zero-order valence-corrected chi connectivity index (χ0v) is 7.75. The second-order valence-electron chi connectivity index (χ2n) is 2.87. The highest BCUT2D eigenvalue weighted by Crippen LogP contribution is 1.92. The van der Waals surface area contributed by atoms with Crippen LogP contribution in [0, 0.1) is 0 Å². The van der Waals surface area contributed by atoms with Crippen LogP contribution >= 0.6 is 0 Å². The summed E-state index contributed by atoms with van der Waals surface area (Å²) in [6.07, 6.45) is 0.954. The summed E-state index contributed by atoms with van der Waals surface area (Å²) < 4.78 is 0. The Balaban J connectivity index is 3.46. The molecule has 0 aromatic carbocycles. The van der Waals surface area contributed by atoms with Crippen molar-refractivity contribution in [1.29, 1.82) is 0 Å². The number of carbonyl (C=O) groups excluding carboxylic acids is 1. The van der Waals surface area contributed by atoms with Gasteiger partial charge in [0.2, 0.25) is 5.91 Å². The predicted molar refractivity (Wildman–Crippen MR) is 48.1 cm³/mol. The molecule has 0 bridgehead atoms. The monoisotopic (exact) mass is 188 g/mol. The summed E-state index contributed by atoms with van der Waals surface area (Å²) in [7, 11) is 0. The number of carboxylic acids is 1. The number of nitrogens with one attached hydrogen (secondary N) is 1. The largest absolute Gasteiger partial charge is 0.481 e. The molecule has 5 nitrogen and oxygen atoms in total. The molecule has 0 heterocycles. The molecule has 0 rings (SSSR count). The van der Waals surface area contributed by atoms with Crippen LogP contribution in [-0.2, 0) is 9.59 Å². The molecule has 0 radical (unpaired) electrons. The van der Waals surface area contributed by atoms with Crippen LogP contribution in [0.1, 0.15) is 26.2 Å². The number of nitrogens with two attached hydrogens (primary N) is 1. The van der Waals surface area contributed by atoms with Gasteiger partial charge in [0.15, 0.2) is 0 Å². The van der Waals surface area contributed by atoms with Crippen molar-refractivity contribution >= 4 is 11.9 Å². The van der Waals surface area contributed by atoms with E-state index in [1.807, 2.05) is 6.92 Å². The SMILES string of the molecule is CCC(N)CC(=O)NCCC(=O)O. The first-order valence-corrected chi connectivity index (χ1v) is 4.30. The van der Waals surface area contributed by atoms with Crippen LogP contribution in [0.15, 0.2) is 0 Å². The van der Waals surface area contributed by atoms with Crippen LogP contribution in [-0.4, -0.2) is 29.6 Å². The van der Waals surface area contributed by atoms with Crippen LogP contribution in [0.4, 0.5) is 0 Å². The molecule has 0 spiro atoms. The van der Waals surface area contributed by atoms with Crippen molar-refractivity contribution in [2.75, 3.05) is 6.54 Å². The molecule has 0 aliphatic rings. The summed E-state index contributed by atoms with van der Waals surface area (Å²) in [6, 6.07) is -0.134. The van der Waals surface area contributed by atoms with Crippen LogP contribution < -0.4 is 11.1 Å². The van der Waals surface area contributed by atoms with Crippen molar-refractivity contribution in [2.24, 2.45) is 5.73 Å². The van der Waals surface area contributed by atoms with E-state index in [-0.39, 0.29) is 31.3 Å². The lowest BCUT2D eigenvalue weighted by Gasteiger charge is -2.08. The molecule has 0 aromatic rings. The Morgan fingerprint density at radius 3 is 2.62 bits per heavy atom. The highest BCUT2D eigenvalue weighted by Gasteiger charge is 2.07. The van der Waals surface area contributed by atoms with Crippen molar-refractivity contribution in [1.82, 2.24) is 5.32 Å². The molecule has 4 N–H and O–H groups in total. The summed E-state index contributed by atoms with van der Waals surface area (Å²) in [5, 5.41) is 10.8. The molecule has 1 amide bonds. The molecule has 13 heavy (non-hydrogen) atoms. The van der Waals surface area contributed by atoms with Crippen LogP contribution in [0.5, 0.6) is 0 Å². The minimum Gasteiger partial charge on any atom is -0.481 e. The minimum atomic E-state index is -0.917. The molecule has 0 fully saturated rings. The molecule has 1 atom stereocenters. The Bertz CT molecular complexity index is 182. The van der Waals surface area contributed by atoms with Gasteiger partial charge in [0.25, 0.3) is 0 Å². The number of amides is 1. The number of aliphatic carboxylic acids is 1. The number of rotatable bonds is 6. The van der Waals surface area contributed by atoms with Crippen molar-refractivity contribution in [3.05, 3.63) is 0 Å². The average Bonchev–Trinajstić information content (AvgIpc) is 2.03. The highest BCUT2D eigenvalue weighted by atomic mass is 16.4. The predicted octanol–water partition coefficient (Wildman–Crippen LogP) is -0.295. The van der Waals surface area contributed by atoms with E-state index in [1.54, 1.807) is 0 Å². The molecular formula is C8H16N2O3. The number of hydrogen-bond acceptors (Lipinski definition) is 3. The molecule has 5 heteroatoms. The Hall–Kier alpha value is -1.10. The molecule has 0 saturated heterocycles. The van der Waals surface area contributed by atoms with Crippen molar-refractivity contribution in [3.8, 4) is 0 Å². The van der Waals surface area contributed by atoms with Gasteiger partial charge in [0, 0.05) is 19.0 Å². The lowest BCUT2D eigenvalue weighted by Crippen LogP contribution is -2.32. The van der Waals surface area contributed by atoms with E-state index in [0.29, 0.717) is 0 Å². The zero-order valence-electron chi connectivity index (χ0n) is 7.75. The van der Waals surface area contributed by atoms with E-state index in [4.69, 9.17) is 10.8 Å². The van der Waals surface area contributed by atoms with Gasteiger partial charge in [-0.25, -0.2) is 0 Å². The van der Waals surface area contributed by atoms with Gasteiger partial charge in [0.05, 0.1) is 6.42 Å². The van der Waals surface area contributed by atoms with Gasteiger partial charge in [-0.15, -0.1) is 0 Å². The number of hydrogen-bond donors (Lipinski definition) is 3. The quantitative estimate of drug-likeness (QED) is 0.533. The van der Waals surface area contributed by atoms with Gasteiger partial charge >= 0.3 is 5.97 Å². The lowest BCUT2D eigenvalue weighted by molar-refractivity contribution is -0.136. The third-order valence-electron chi connectivity index (χ3n) is 1.63. The molecule has 0 aromatic heterocycles. The van der Waals surface area contributed by atoms with E-state index in [9.17, 15) is 9.59 Å². The molecule has 0 aliphatic heterocycles. The molecule has 1 unspecified atom stereocenters. The molecule has 0 aliphatic carbocycles. The molecule has 0 saturated carbocycles. The average molecular weight is 188 g/mol. The van der Waals surface area contributed by atoms with Gasteiger partial charge in [0.1, 0.15) is 0 Å². The highest BCUT2D eigenvalue weighted by molar-refractivity contribution is 5.77.